The molecule has 0 saturated heterocycles. The van der Waals surface area contributed by atoms with Crippen molar-refractivity contribution in [3.63, 3.8) is 0 Å². The van der Waals surface area contributed by atoms with Gasteiger partial charge in [0.25, 0.3) is 5.01 Å². The molecule has 0 radical (unpaired) electrons. The average molecular weight is 140 g/mol. The molecule has 1 aromatic rings. The van der Waals surface area contributed by atoms with Crippen molar-refractivity contribution in [3.05, 3.63) is 22.7 Å². The van der Waals surface area contributed by atoms with Gasteiger partial charge in [-0.3, -0.25) is 0 Å². The highest BCUT2D eigenvalue weighted by Gasteiger charge is 2.04. The first kappa shape index (κ1) is 6.49. The van der Waals surface area contributed by atoms with Crippen LogP contribution in [0.25, 0.3) is 6.08 Å². The predicted octanol–water partition coefficient (Wildman–Crippen LogP) is 1.52. The van der Waals surface area contributed by atoms with E-state index in [9.17, 15) is 0 Å². The minimum Gasteiger partial charge on any atom is -0.192 e. The molecule has 0 bridgehead atoms. The van der Waals surface area contributed by atoms with E-state index in [0.717, 1.165) is 0 Å². The van der Waals surface area contributed by atoms with E-state index in [1.54, 1.807) is 11.3 Å². The molecule has 1 aromatic heterocycles. The number of thiazole rings is 1. The summed E-state index contributed by atoms with van der Waals surface area (Å²) in [5, 5.41) is 1.22. The summed E-state index contributed by atoms with van der Waals surface area (Å²) >= 11 is 1.76. The van der Waals surface area contributed by atoms with Crippen LogP contribution in [0.2, 0.25) is 0 Å². The molecular formula is C7H10NS+. The van der Waals surface area contributed by atoms with E-state index in [0.29, 0.717) is 0 Å². The van der Waals surface area contributed by atoms with Gasteiger partial charge in [0.2, 0.25) is 0 Å². The lowest BCUT2D eigenvalue weighted by atomic mass is 10.6. The molecule has 0 N–H and O–H groups in total. The Hall–Kier alpha value is -0.630. The lowest BCUT2D eigenvalue weighted by Gasteiger charge is -1.76. The second-order valence-electron chi connectivity index (χ2n) is 2.00. The Morgan fingerprint density at radius 3 is 2.67 bits per heavy atom. The first-order valence-corrected chi connectivity index (χ1v) is 3.64. The summed E-state index contributed by atoms with van der Waals surface area (Å²) in [6.45, 7) is 5.79. The van der Waals surface area contributed by atoms with Gasteiger partial charge in [-0.1, -0.05) is 17.9 Å². The highest BCUT2D eigenvalue weighted by molar-refractivity contribution is 7.12. The van der Waals surface area contributed by atoms with Crippen molar-refractivity contribution < 1.29 is 4.57 Å². The van der Waals surface area contributed by atoms with E-state index in [-0.39, 0.29) is 0 Å². The van der Waals surface area contributed by atoms with Crippen molar-refractivity contribution in [2.45, 2.75) is 6.92 Å². The lowest BCUT2D eigenvalue weighted by molar-refractivity contribution is -0.668. The normalized spacial score (nSPS) is 9.56. The summed E-state index contributed by atoms with van der Waals surface area (Å²) < 4.78 is 2.08. The maximum absolute atomic E-state index is 3.69. The van der Waals surface area contributed by atoms with E-state index < -0.39 is 0 Å². The third-order valence-corrected chi connectivity index (χ3v) is 2.25. The van der Waals surface area contributed by atoms with Crippen molar-refractivity contribution in [2.24, 2.45) is 7.05 Å². The van der Waals surface area contributed by atoms with E-state index in [2.05, 4.69) is 24.3 Å². The summed E-state index contributed by atoms with van der Waals surface area (Å²) in [5.41, 5.74) is 0. The highest BCUT2D eigenvalue weighted by atomic mass is 32.1. The smallest absolute Gasteiger partial charge is 0.192 e. The number of hydrogen-bond acceptors (Lipinski definition) is 1. The van der Waals surface area contributed by atoms with E-state index in [1.807, 2.05) is 13.1 Å². The largest absolute Gasteiger partial charge is 0.261 e. The van der Waals surface area contributed by atoms with E-state index in [1.165, 1.54) is 9.88 Å². The van der Waals surface area contributed by atoms with Gasteiger partial charge >= 0.3 is 0 Å². The van der Waals surface area contributed by atoms with Gasteiger partial charge in [0, 0.05) is 6.08 Å². The van der Waals surface area contributed by atoms with Crippen LogP contribution >= 0.6 is 11.3 Å². The lowest BCUT2D eigenvalue weighted by Crippen LogP contribution is -2.27. The van der Waals surface area contributed by atoms with Crippen molar-refractivity contribution in [2.75, 3.05) is 0 Å². The minimum absolute atomic E-state index is 1.22. The summed E-state index contributed by atoms with van der Waals surface area (Å²) in [7, 11) is 2.03. The molecular weight excluding hydrogens is 130 g/mol. The molecule has 0 saturated carbocycles. The molecule has 0 amide bonds. The van der Waals surface area contributed by atoms with Crippen LogP contribution < -0.4 is 4.57 Å². The second kappa shape index (κ2) is 2.31. The van der Waals surface area contributed by atoms with Crippen LogP contribution in [-0.2, 0) is 7.05 Å². The van der Waals surface area contributed by atoms with Gasteiger partial charge < -0.3 is 0 Å². The molecule has 0 aromatic carbocycles. The number of hydrogen-bond donors (Lipinski definition) is 0. The van der Waals surface area contributed by atoms with E-state index in [4.69, 9.17) is 0 Å². The summed E-state index contributed by atoms with van der Waals surface area (Å²) in [4.78, 5) is 1.33. The molecule has 0 fully saturated rings. The monoisotopic (exact) mass is 140 g/mol. The quantitative estimate of drug-likeness (QED) is 0.521. The van der Waals surface area contributed by atoms with Crippen molar-refractivity contribution in [1.29, 1.82) is 0 Å². The van der Waals surface area contributed by atoms with Gasteiger partial charge in [-0.25, -0.2) is 0 Å². The van der Waals surface area contributed by atoms with Crippen LogP contribution in [0.4, 0.5) is 0 Å². The Morgan fingerprint density at radius 1 is 1.78 bits per heavy atom. The summed E-state index contributed by atoms with van der Waals surface area (Å²) in [5.74, 6) is 0. The molecule has 0 atom stereocenters. The van der Waals surface area contributed by atoms with E-state index >= 15 is 0 Å². The zero-order valence-electron chi connectivity index (χ0n) is 5.72. The molecule has 9 heavy (non-hydrogen) atoms. The Bertz CT molecular complexity index is 225. The zero-order chi connectivity index (χ0) is 6.85. The van der Waals surface area contributed by atoms with Gasteiger partial charge in [-0.2, -0.15) is 4.57 Å². The molecule has 1 nitrogen and oxygen atoms in total. The van der Waals surface area contributed by atoms with Crippen LogP contribution in [0.5, 0.6) is 0 Å². The summed E-state index contributed by atoms with van der Waals surface area (Å²) in [6.07, 6.45) is 3.97. The SMILES string of the molecule is C=Cc1sc(C)c[n+]1C. The third-order valence-electron chi connectivity index (χ3n) is 1.16. The first-order valence-electron chi connectivity index (χ1n) is 2.82. The maximum Gasteiger partial charge on any atom is 0.261 e. The number of aryl methyl sites for hydroxylation is 2. The standard InChI is InChI=1S/C7H10NS/c1-4-7-8(3)5-6(2)9-7/h4-5H,1H2,2-3H3/q+1. The summed E-state index contributed by atoms with van der Waals surface area (Å²) in [6, 6.07) is 0. The minimum atomic E-state index is 1.22. The Balaban J connectivity index is 3.15. The van der Waals surface area contributed by atoms with Crippen LogP contribution in [0.3, 0.4) is 0 Å². The molecule has 0 aliphatic rings. The Morgan fingerprint density at radius 2 is 2.44 bits per heavy atom. The third kappa shape index (κ3) is 1.19. The number of nitrogens with zero attached hydrogens (tertiary/aromatic N) is 1. The van der Waals surface area contributed by atoms with Gasteiger partial charge in [-0.15, -0.1) is 0 Å². The van der Waals surface area contributed by atoms with Gasteiger partial charge in [0.15, 0.2) is 6.20 Å². The first-order chi connectivity index (χ1) is 4.24. The Labute approximate surface area is 59.3 Å². The van der Waals surface area contributed by atoms with Gasteiger partial charge in [0.05, 0.1) is 4.88 Å². The van der Waals surface area contributed by atoms with Crippen LogP contribution in [0.1, 0.15) is 9.88 Å². The molecule has 0 aliphatic carbocycles. The van der Waals surface area contributed by atoms with Crippen LogP contribution in [-0.4, -0.2) is 0 Å². The molecule has 1 rings (SSSR count). The van der Waals surface area contributed by atoms with Crippen molar-refractivity contribution >= 4 is 17.4 Å². The maximum atomic E-state index is 3.69. The fraction of sp³-hybridized carbons (Fsp3) is 0.286. The topological polar surface area (TPSA) is 3.88 Å². The fourth-order valence-corrected chi connectivity index (χ4v) is 1.61. The van der Waals surface area contributed by atoms with Gasteiger partial charge in [0.1, 0.15) is 7.05 Å². The molecule has 48 valence electrons. The van der Waals surface area contributed by atoms with Gasteiger partial charge in [-0.05, 0) is 6.92 Å². The highest BCUT2D eigenvalue weighted by Crippen LogP contribution is 2.08. The second-order valence-corrected chi connectivity index (χ2v) is 3.26. The van der Waals surface area contributed by atoms with Crippen LogP contribution in [0.15, 0.2) is 12.8 Å². The fourth-order valence-electron chi connectivity index (χ4n) is 0.785. The zero-order valence-corrected chi connectivity index (χ0v) is 6.53. The molecule has 0 aliphatic heterocycles. The molecule has 2 heteroatoms. The Kier molecular flexibility index (Phi) is 1.67. The van der Waals surface area contributed by atoms with Crippen molar-refractivity contribution in [1.82, 2.24) is 0 Å². The molecule has 0 unspecified atom stereocenters. The average Bonchev–Trinajstić information content (AvgIpc) is 2.10. The number of rotatable bonds is 1. The van der Waals surface area contributed by atoms with Crippen molar-refractivity contribution in [3.8, 4) is 0 Å². The van der Waals surface area contributed by atoms with Crippen LogP contribution in [0, 0.1) is 6.92 Å². The number of aromatic nitrogens is 1. The predicted molar refractivity (Wildman–Crippen MR) is 40.3 cm³/mol. The molecule has 0 spiro atoms. The molecule has 1 heterocycles.